The molecule has 0 aromatic heterocycles. The molecule has 0 N–H and O–H groups in total. The third-order valence-electron chi connectivity index (χ3n) is 3.62. The van der Waals surface area contributed by atoms with Crippen molar-refractivity contribution < 1.29 is 17.1 Å². The second-order valence-corrected chi connectivity index (χ2v) is 9.12. The van der Waals surface area contributed by atoms with Crippen LogP contribution in [-0.2, 0) is 17.1 Å². The maximum atomic E-state index is 6.03. The van der Waals surface area contributed by atoms with Gasteiger partial charge < -0.3 is 0 Å². The van der Waals surface area contributed by atoms with Gasteiger partial charge in [-0.15, -0.1) is 30.8 Å². The van der Waals surface area contributed by atoms with E-state index in [1.54, 1.807) is 0 Å². The first kappa shape index (κ1) is 22.4. The fraction of sp³-hybridized carbons (Fsp3) is 0. The molecule has 0 amide bonds. The van der Waals surface area contributed by atoms with Crippen LogP contribution in [0, 0.1) is 0 Å². The minimum atomic E-state index is 0. The Morgan fingerprint density at radius 3 is 1.89 bits per heavy atom. The van der Waals surface area contributed by atoms with Gasteiger partial charge in [-0.25, -0.2) is 12.1 Å². The van der Waals surface area contributed by atoms with E-state index >= 15 is 0 Å². The number of benzene rings is 2. The molecule has 0 heterocycles. The van der Waals surface area contributed by atoms with Gasteiger partial charge in [-0.3, -0.25) is 0 Å². The van der Waals surface area contributed by atoms with E-state index in [-0.39, 0.29) is 17.1 Å². The largest absolute Gasteiger partial charge is 2.00 e. The van der Waals surface area contributed by atoms with Gasteiger partial charge in [-0.1, -0.05) is 79.3 Å². The van der Waals surface area contributed by atoms with Crippen molar-refractivity contribution in [1.82, 2.24) is 0 Å². The molecular weight excluding hydrogens is 453 g/mol. The van der Waals surface area contributed by atoms with Crippen LogP contribution in [-0.4, -0.2) is 0 Å². The molecule has 0 spiro atoms. The van der Waals surface area contributed by atoms with E-state index in [4.69, 9.17) is 23.2 Å². The van der Waals surface area contributed by atoms with Crippen LogP contribution in [0.5, 0.6) is 0 Å². The molecule has 2 atom stereocenters. The smallest absolute Gasteiger partial charge is 0.213 e. The molecule has 27 heavy (non-hydrogen) atoms. The van der Waals surface area contributed by atoms with Crippen LogP contribution in [0.4, 0.5) is 0 Å². The molecule has 4 aromatic rings. The van der Waals surface area contributed by atoms with Gasteiger partial charge in [-0.05, 0) is 10.6 Å². The van der Waals surface area contributed by atoms with Crippen molar-refractivity contribution in [3.63, 3.8) is 0 Å². The first-order chi connectivity index (χ1) is 12.7. The zero-order chi connectivity index (χ0) is 18.2. The van der Waals surface area contributed by atoms with E-state index in [2.05, 4.69) is 66.7 Å². The molecule has 0 aliphatic heterocycles. The van der Waals surface area contributed by atoms with E-state index in [0.717, 1.165) is 13.9 Å². The predicted molar refractivity (Wildman–Crippen MR) is 122 cm³/mol. The minimum Gasteiger partial charge on any atom is -0.213 e. The topological polar surface area (TPSA) is 0 Å². The Labute approximate surface area is 185 Å². The Morgan fingerprint density at radius 1 is 0.741 bits per heavy atom. The summed E-state index contributed by atoms with van der Waals surface area (Å²) in [6, 6.07) is 33.2. The molecule has 0 radical (unpaired) electrons. The Morgan fingerprint density at radius 2 is 1.37 bits per heavy atom. The Balaban J connectivity index is 0.000000189. The predicted octanol–water partition coefficient (Wildman–Crippen LogP) is 5.37. The second kappa shape index (κ2) is 11.8. The Bertz CT molecular complexity index is 904. The van der Waals surface area contributed by atoms with Crippen LogP contribution < -0.4 is 21.2 Å². The molecule has 0 fully saturated rings. The molecule has 2 unspecified atom stereocenters. The molecule has 0 saturated carbocycles. The summed E-state index contributed by atoms with van der Waals surface area (Å²) < 4.78 is 0. The van der Waals surface area contributed by atoms with Crippen LogP contribution in [0.2, 0.25) is 10.0 Å². The van der Waals surface area contributed by atoms with E-state index in [0.29, 0.717) is 18.6 Å². The van der Waals surface area contributed by atoms with E-state index in [1.165, 1.54) is 15.9 Å². The normalized spacial score (nSPS) is 10.7. The van der Waals surface area contributed by atoms with E-state index in [9.17, 15) is 0 Å². The van der Waals surface area contributed by atoms with Gasteiger partial charge in [0.2, 0.25) is 0 Å². The molecule has 5 heteroatoms. The van der Waals surface area contributed by atoms with E-state index in [1.807, 2.05) is 30.3 Å². The van der Waals surface area contributed by atoms with Gasteiger partial charge in [-0.2, -0.15) is 35.9 Å². The fourth-order valence-corrected chi connectivity index (χ4v) is 5.00. The second-order valence-electron chi connectivity index (χ2n) is 5.56. The molecule has 0 aliphatic rings. The maximum Gasteiger partial charge on any atom is 2.00 e. The summed E-state index contributed by atoms with van der Waals surface area (Å²) in [5.41, 5.74) is 0. The van der Waals surface area contributed by atoms with Crippen molar-refractivity contribution >= 4 is 61.6 Å². The minimum absolute atomic E-state index is 0. The number of rotatable bonds is 4. The maximum absolute atomic E-state index is 6.03. The Hall–Kier alpha value is -0.901. The van der Waals surface area contributed by atoms with Crippen molar-refractivity contribution in [3.8, 4) is 0 Å². The number of hydrogen-bond acceptors (Lipinski definition) is 0. The number of halogens is 2. The molecule has 0 aliphatic carbocycles. The van der Waals surface area contributed by atoms with Crippen LogP contribution in [0.15, 0.2) is 97.1 Å². The van der Waals surface area contributed by atoms with Gasteiger partial charge in [0.05, 0.1) is 0 Å². The van der Waals surface area contributed by atoms with Gasteiger partial charge in [0, 0.05) is 0 Å². The van der Waals surface area contributed by atoms with Crippen LogP contribution in [0.25, 0.3) is 0 Å². The quantitative estimate of drug-likeness (QED) is 0.213. The third-order valence-corrected chi connectivity index (χ3v) is 7.15. The van der Waals surface area contributed by atoms with Crippen molar-refractivity contribution in [2.75, 3.05) is 0 Å². The van der Waals surface area contributed by atoms with E-state index < -0.39 is 0 Å². The average molecular weight is 471 g/mol. The summed E-state index contributed by atoms with van der Waals surface area (Å²) >= 11 is 11.9. The zero-order valence-electron chi connectivity index (χ0n) is 14.3. The van der Waals surface area contributed by atoms with Crippen LogP contribution in [0.3, 0.4) is 0 Å². The molecule has 0 saturated heterocycles. The molecule has 138 valence electrons. The molecule has 4 rings (SSSR count). The summed E-state index contributed by atoms with van der Waals surface area (Å²) in [6.07, 6.45) is 0. The first-order valence-corrected chi connectivity index (χ1v) is 10.9. The van der Waals surface area contributed by atoms with Gasteiger partial charge in [0.15, 0.2) is 0 Å². The summed E-state index contributed by atoms with van der Waals surface area (Å²) in [6.45, 7) is 0. The molecule has 4 aromatic carbocycles. The van der Waals surface area contributed by atoms with Crippen LogP contribution in [0.1, 0.15) is 0 Å². The fourth-order valence-electron chi connectivity index (χ4n) is 2.35. The number of hydrogen-bond donors (Lipinski definition) is 0. The SMILES string of the molecule is Clc1cc[c-](Pc2ccccc2)c1Cl.[Fe+2].c1ccc(Pc2ccc[cH-]2)cc1. The summed E-state index contributed by atoms with van der Waals surface area (Å²) in [5, 5.41) is 6.54. The molecule has 0 nitrogen and oxygen atoms in total. The Kier molecular flexibility index (Phi) is 9.81. The van der Waals surface area contributed by atoms with Crippen LogP contribution >= 0.6 is 40.4 Å². The van der Waals surface area contributed by atoms with Crippen molar-refractivity contribution in [3.05, 3.63) is 107 Å². The monoisotopic (exact) mass is 470 g/mol. The summed E-state index contributed by atoms with van der Waals surface area (Å²) in [4.78, 5) is 0. The standard InChI is InChI=1S/C11H8Cl2P.C11H10P.Fe/c12-9-6-7-10(11(9)13)14-8-4-2-1-3-5-8;1-2-6-10(7-3-1)12-11-8-4-5-9-11;/h1-7,14H;1-9,12H;/q2*-1;+2. The van der Waals surface area contributed by atoms with Gasteiger partial charge in [0.1, 0.15) is 0 Å². The average Bonchev–Trinajstić information content (AvgIpc) is 3.30. The third kappa shape index (κ3) is 7.21. The van der Waals surface area contributed by atoms with Gasteiger partial charge >= 0.3 is 17.1 Å². The first-order valence-electron chi connectivity index (χ1n) is 8.19. The van der Waals surface area contributed by atoms with Gasteiger partial charge in [0.25, 0.3) is 0 Å². The molecular formula is C22H18Cl2FeP2. The molecule has 0 bridgehead atoms. The van der Waals surface area contributed by atoms with Crippen molar-refractivity contribution in [1.29, 1.82) is 0 Å². The van der Waals surface area contributed by atoms with Crippen molar-refractivity contribution in [2.24, 2.45) is 0 Å². The zero-order valence-corrected chi connectivity index (χ0v) is 19.0. The summed E-state index contributed by atoms with van der Waals surface area (Å²) in [7, 11) is 1.38. The summed E-state index contributed by atoms with van der Waals surface area (Å²) in [5.74, 6) is 0. The van der Waals surface area contributed by atoms with Crippen molar-refractivity contribution in [2.45, 2.75) is 0 Å².